The monoisotopic (exact) mass is 1660 g/mol. The molecule has 0 bridgehead atoms. The first kappa shape index (κ1) is 106. The highest BCUT2D eigenvalue weighted by Gasteiger charge is 2.34. The number of carbonyl (C=O) groups excluding carboxylic acids is 8. The van der Waals surface area contributed by atoms with Gasteiger partial charge in [0.2, 0.25) is 5.75 Å². The highest BCUT2D eigenvalue weighted by molar-refractivity contribution is 5.80. The van der Waals surface area contributed by atoms with Crippen molar-refractivity contribution in [2.75, 3.05) is 21.3 Å². The summed E-state index contributed by atoms with van der Waals surface area (Å²) in [6, 6.07) is 16.4. The van der Waals surface area contributed by atoms with Gasteiger partial charge in [-0.2, -0.15) is 0 Å². The highest BCUT2D eigenvalue weighted by atomic mass is 16.8. The Balaban J connectivity index is 0.000000784. The lowest BCUT2D eigenvalue weighted by molar-refractivity contribution is -0.144. The quantitative estimate of drug-likeness (QED) is 0.0160. The van der Waals surface area contributed by atoms with Crippen molar-refractivity contribution in [3.63, 3.8) is 0 Å². The molecule has 6 atom stereocenters. The molecular formula is C88H136O29. The third kappa shape index (κ3) is 42.0. The number of rotatable bonds is 29. The second-order valence-corrected chi connectivity index (χ2v) is 34.3. The Morgan fingerprint density at radius 3 is 0.786 bits per heavy atom. The van der Waals surface area contributed by atoms with E-state index in [0.717, 1.165) is 30.4 Å². The van der Waals surface area contributed by atoms with E-state index in [1.54, 1.807) is 183 Å². The molecule has 0 fully saturated rings. The Morgan fingerprint density at radius 1 is 0.274 bits per heavy atom. The van der Waals surface area contributed by atoms with Crippen LogP contribution in [0.25, 0.3) is 0 Å². The summed E-state index contributed by atoms with van der Waals surface area (Å²) in [6.45, 7) is 59.4. The standard InChI is InChI=1S/C25H38O9.C22H34O6.C21H34O8.C20H30O6/c1-12-15(2)16-13-17(29-20(26)32-23(3,4)5)19(31-22(28)34-25(9,10)11)18(14-16)30-21(27)33-24(6,7)8;1-9-15(4)16-12-13-17(25-19(23)27-21(5,6)10-2)18(14-16)26-20(24)28-22(7,8)11-3;1-10-21(5,6)20(22)29-19-12-17(27-14(3)24-8)16(26-13(2)23-7)11-18(19)28-15(4)25-9;1-9-13(2)14-10-11-15(23-17(21)25-19(3,4)5)16(12-14)24-18(22)26-20(6,7)8/h13-15H,12H2,1-11H3;12-15H,9-11H2,1-8H3;11-15H,10H2,1-9H3;10-13H,9H2,1-8H3. The van der Waals surface area contributed by atoms with Crippen molar-refractivity contribution in [2.24, 2.45) is 5.41 Å². The van der Waals surface area contributed by atoms with Gasteiger partial charge in [0.25, 0.3) is 0 Å². The SMILES string of the molecule is CCC(C)(C)C(=O)Oc1cc(OC(C)OC)c(OC(C)OC)cc1OC(C)OC.CCC(C)c1cc(OC(=O)OC(C)(C)C)c(OC(=O)OC(C)(C)C)c(OC(=O)OC(C)(C)C)c1.CCC(C)c1ccc(OC(=O)OC(C)(C)C)c(OC(=O)OC(C)(C)C)c1.CCC(C)c1ccc(OC(=O)OC(C)(C)CC)c(OC(=O)OC(C)(C)CC)c1. The van der Waals surface area contributed by atoms with Crippen molar-refractivity contribution in [2.45, 2.75) is 343 Å². The van der Waals surface area contributed by atoms with Gasteiger partial charge in [0.15, 0.2) is 76.4 Å². The van der Waals surface area contributed by atoms with Crippen molar-refractivity contribution in [1.29, 1.82) is 0 Å². The predicted molar refractivity (Wildman–Crippen MR) is 440 cm³/mol. The van der Waals surface area contributed by atoms with Gasteiger partial charge in [-0.3, -0.25) is 4.79 Å². The van der Waals surface area contributed by atoms with Gasteiger partial charge < -0.3 is 99.5 Å². The van der Waals surface area contributed by atoms with Crippen LogP contribution in [-0.4, -0.2) is 128 Å². The molecule has 0 radical (unpaired) electrons. The van der Waals surface area contributed by atoms with Gasteiger partial charge in [0, 0.05) is 33.5 Å². The van der Waals surface area contributed by atoms with Crippen molar-refractivity contribution in [3.8, 4) is 63.2 Å². The summed E-state index contributed by atoms with van der Waals surface area (Å²) in [6.07, 6.45) is -3.78. The molecule has 0 aliphatic carbocycles. The van der Waals surface area contributed by atoms with Crippen LogP contribution in [0.2, 0.25) is 0 Å². The van der Waals surface area contributed by atoms with Gasteiger partial charge in [-0.15, -0.1) is 0 Å². The lowest BCUT2D eigenvalue weighted by Crippen LogP contribution is -2.30. The molecule has 29 nitrogen and oxygen atoms in total. The van der Waals surface area contributed by atoms with Gasteiger partial charge in [0.05, 0.1) is 5.41 Å². The van der Waals surface area contributed by atoms with E-state index in [1.165, 1.54) is 39.5 Å². The minimum absolute atomic E-state index is 0.00227. The minimum atomic E-state index is -1.08. The van der Waals surface area contributed by atoms with E-state index >= 15 is 0 Å². The maximum absolute atomic E-state index is 12.6. The van der Waals surface area contributed by atoms with Crippen LogP contribution in [0.3, 0.4) is 0 Å². The van der Waals surface area contributed by atoms with E-state index in [9.17, 15) is 38.4 Å². The Hall–Kier alpha value is -9.48. The van der Waals surface area contributed by atoms with Gasteiger partial charge in [-0.1, -0.05) is 74.4 Å². The molecule has 0 heterocycles. The maximum Gasteiger partial charge on any atom is 0.514 e. The topological polar surface area (TPSA) is 330 Å². The van der Waals surface area contributed by atoms with E-state index in [4.69, 9.17) is 99.5 Å². The zero-order valence-electron chi connectivity index (χ0n) is 76.3. The van der Waals surface area contributed by atoms with E-state index in [2.05, 4.69) is 27.7 Å². The normalized spacial score (nSPS) is 13.3. The molecule has 29 heteroatoms. The van der Waals surface area contributed by atoms with Gasteiger partial charge in [-0.05, 0) is 276 Å². The zero-order chi connectivity index (χ0) is 90.3. The molecule has 662 valence electrons. The third-order valence-corrected chi connectivity index (χ3v) is 16.8. The molecule has 0 aliphatic rings. The predicted octanol–water partition coefficient (Wildman–Crippen LogP) is 23.7. The van der Waals surface area contributed by atoms with Crippen LogP contribution in [0.1, 0.15) is 301 Å². The highest BCUT2D eigenvalue weighted by Crippen LogP contribution is 2.45. The molecule has 0 N–H and O–H groups in total. The largest absolute Gasteiger partial charge is 0.514 e. The van der Waals surface area contributed by atoms with Gasteiger partial charge in [0.1, 0.15) is 39.2 Å². The summed E-state index contributed by atoms with van der Waals surface area (Å²) >= 11 is 0. The Kier molecular flexibility index (Phi) is 42.0. The average Bonchev–Trinajstić information content (AvgIpc) is 0.808. The molecule has 0 spiro atoms. The van der Waals surface area contributed by atoms with Crippen LogP contribution >= 0.6 is 0 Å². The average molecular weight is 1660 g/mol. The first-order chi connectivity index (χ1) is 53.6. The number of ether oxygens (including phenoxy) is 21. The van der Waals surface area contributed by atoms with Crippen molar-refractivity contribution < 1.29 is 138 Å². The fraction of sp³-hybridized carbons (Fsp3) is 0.636. The van der Waals surface area contributed by atoms with Crippen LogP contribution in [0.15, 0.2) is 60.7 Å². The zero-order valence-corrected chi connectivity index (χ0v) is 76.3. The molecule has 4 aromatic carbocycles. The molecule has 4 aromatic rings. The van der Waals surface area contributed by atoms with Gasteiger partial charge in [-0.25, -0.2) is 33.6 Å². The van der Waals surface area contributed by atoms with E-state index < -0.39 is 107 Å². The maximum atomic E-state index is 12.6. The summed E-state index contributed by atoms with van der Waals surface area (Å²) < 4.78 is 113. The third-order valence-electron chi connectivity index (χ3n) is 16.8. The molecule has 0 aromatic heterocycles. The lowest BCUT2D eigenvalue weighted by atomic mass is 9.91. The number of esters is 1. The molecule has 0 amide bonds. The van der Waals surface area contributed by atoms with Crippen LogP contribution in [0, 0.1) is 5.41 Å². The number of methoxy groups -OCH3 is 3. The minimum Gasteiger partial charge on any atom is -0.461 e. The number of carbonyl (C=O) groups is 8. The van der Waals surface area contributed by atoms with Gasteiger partial charge >= 0.3 is 49.1 Å². The molecular weight excluding hydrogens is 1520 g/mol. The molecule has 0 saturated carbocycles. The molecule has 4 rings (SSSR count). The fourth-order valence-electron chi connectivity index (χ4n) is 8.39. The van der Waals surface area contributed by atoms with Crippen molar-refractivity contribution in [1.82, 2.24) is 0 Å². The lowest BCUT2D eigenvalue weighted by Gasteiger charge is -2.24. The summed E-state index contributed by atoms with van der Waals surface area (Å²) in [5.74, 6) is 1.02. The second kappa shape index (κ2) is 46.6. The molecule has 0 saturated heterocycles. The van der Waals surface area contributed by atoms with Crippen molar-refractivity contribution in [3.05, 3.63) is 77.4 Å². The Labute approximate surface area is 694 Å². The number of hydrogen-bond acceptors (Lipinski definition) is 29. The summed E-state index contributed by atoms with van der Waals surface area (Å²) in [5.41, 5.74) is -3.27. The number of benzene rings is 4. The number of hydrogen-bond donors (Lipinski definition) is 0. The Morgan fingerprint density at radius 2 is 0.513 bits per heavy atom. The summed E-state index contributed by atoms with van der Waals surface area (Å²) in [5, 5.41) is 0. The van der Waals surface area contributed by atoms with Crippen LogP contribution < -0.4 is 52.1 Å². The first-order valence-electron chi connectivity index (χ1n) is 39.4. The molecule has 0 aliphatic heterocycles. The van der Waals surface area contributed by atoms with E-state index in [-0.39, 0.29) is 75.5 Å². The smallest absolute Gasteiger partial charge is 0.461 e. The second-order valence-electron chi connectivity index (χ2n) is 34.3. The molecule has 117 heavy (non-hydrogen) atoms. The van der Waals surface area contributed by atoms with Crippen LogP contribution in [0.4, 0.5) is 33.6 Å². The fourth-order valence-corrected chi connectivity index (χ4v) is 8.39. The first-order valence-corrected chi connectivity index (χ1v) is 39.4. The Bertz CT molecular complexity index is 3780. The molecule has 6 unspecified atom stereocenters. The van der Waals surface area contributed by atoms with E-state index in [1.807, 2.05) is 60.6 Å². The van der Waals surface area contributed by atoms with Crippen LogP contribution in [0.5, 0.6) is 63.2 Å². The summed E-state index contributed by atoms with van der Waals surface area (Å²) in [4.78, 5) is 98.3. The summed E-state index contributed by atoms with van der Waals surface area (Å²) in [7, 11) is 4.56. The van der Waals surface area contributed by atoms with Crippen LogP contribution in [-0.2, 0) is 52.2 Å². The van der Waals surface area contributed by atoms with Crippen molar-refractivity contribution >= 4 is 49.1 Å². The van der Waals surface area contributed by atoms with E-state index in [0.29, 0.717) is 36.3 Å².